The Morgan fingerprint density at radius 3 is 2.35 bits per heavy atom. The molecule has 1 nitrogen and oxygen atoms in total. The summed E-state index contributed by atoms with van der Waals surface area (Å²) in [7, 11) is 0. The summed E-state index contributed by atoms with van der Waals surface area (Å²) in [4.78, 5) is 4.28. The van der Waals surface area contributed by atoms with E-state index in [1.54, 1.807) is 0 Å². The fourth-order valence-electron chi connectivity index (χ4n) is 2.87. The van der Waals surface area contributed by atoms with Crippen LogP contribution in [-0.2, 0) is 6.54 Å². The van der Waals surface area contributed by atoms with E-state index in [2.05, 4.69) is 60.3 Å². The Hall–Kier alpha value is -1.99. The zero-order chi connectivity index (χ0) is 17.9. The molecule has 1 aromatic heterocycles. The fourth-order valence-corrected chi connectivity index (χ4v) is 5.44. The summed E-state index contributed by atoms with van der Waals surface area (Å²) in [5.41, 5.74) is 3.39. The summed E-state index contributed by atoms with van der Waals surface area (Å²) >= 11 is 3.84. The van der Waals surface area contributed by atoms with Crippen molar-refractivity contribution in [3.63, 3.8) is 0 Å². The summed E-state index contributed by atoms with van der Waals surface area (Å²) in [6.07, 6.45) is 1.19. The highest BCUT2D eigenvalue weighted by atomic mass is 32.2. The third kappa shape index (κ3) is 3.73. The average molecular weight is 376 g/mol. The second-order valence-electron chi connectivity index (χ2n) is 6.52. The number of thiophene rings is 1. The Morgan fingerprint density at radius 2 is 1.69 bits per heavy atom. The van der Waals surface area contributed by atoms with Gasteiger partial charge in [0.2, 0.25) is 0 Å². The molecule has 1 unspecified atom stereocenters. The molecule has 0 spiro atoms. The second-order valence-corrected chi connectivity index (χ2v) is 8.74. The third-order valence-corrected chi connectivity index (χ3v) is 7.24. The summed E-state index contributed by atoms with van der Waals surface area (Å²) in [6.45, 7) is 5.63. The van der Waals surface area contributed by atoms with Gasteiger partial charge in [-0.3, -0.25) is 0 Å². The lowest BCUT2D eigenvalue weighted by Crippen LogP contribution is -2.21. The molecule has 2 heterocycles. The number of nitrogens with zero attached hydrogens (tertiary/aromatic N) is 1. The van der Waals surface area contributed by atoms with Gasteiger partial charge < -0.3 is 0 Å². The molecule has 1 aliphatic rings. The molecule has 0 fully saturated rings. The molecule has 4 rings (SSSR count). The molecule has 0 amide bonds. The fraction of sp³-hybridized carbons (Fsp3) is 0.217. The molecule has 3 aromatic rings. The first-order valence-corrected chi connectivity index (χ1v) is 10.6. The average Bonchev–Trinajstić information content (AvgIpc) is 3.26. The van der Waals surface area contributed by atoms with E-state index < -0.39 is 0 Å². The van der Waals surface area contributed by atoms with E-state index in [0.29, 0.717) is 6.04 Å². The summed E-state index contributed by atoms with van der Waals surface area (Å²) in [5.74, 6) is 6.46. The molecule has 0 N–H and O–H groups in total. The largest absolute Gasteiger partial charge is 0.238 e. The minimum Gasteiger partial charge on any atom is -0.238 e. The molecule has 0 saturated carbocycles. The lowest BCUT2D eigenvalue weighted by Gasteiger charge is -2.20. The van der Waals surface area contributed by atoms with Gasteiger partial charge in [-0.15, -0.1) is 11.3 Å². The third-order valence-electron chi connectivity index (χ3n) is 4.66. The van der Waals surface area contributed by atoms with Crippen molar-refractivity contribution in [3.8, 4) is 22.3 Å². The van der Waals surface area contributed by atoms with Crippen LogP contribution >= 0.6 is 23.3 Å². The van der Waals surface area contributed by atoms with Crippen LogP contribution in [0.3, 0.4) is 0 Å². The number of hydrogen-bond donors (Lipinski definition) is 0. The van der Waals surface area contributed by atoms with Crippen LogP contribution in [0.1, 0.15) is 36.3 Å². The van der Waals surface area contributed by atoms with Crippen molar-refractivity contribution >= 4 is 23.3 Å². The molecular formula is C23H21NS2. The van der Waals surface area contributed by atoms with Gasteiger partial charge in [0.1, 0.15) is 0 Å². The first kappa shape index (κ1) is 17.4. The summed E-state index contributed by atoms with van der Waals surface area (Å²) < 4.78 is 2.49. The molecule has 130 valence electrons. The minimum absolute atomic E-state index is 0.630. The first-order chi connectivity index (χ1) is 12.7. The van der Waals surface area contributed by atoms with Gasteiger partial charge in [-0.25, -0.2) is 4.31 Å². The van der Waals surface area contributed by atoms with Gasteiger partial charge in [0.15, 0.2) is 0 Å². The van der Waals surface area contributed by atoms with Crippen molar-refractivity contribution in [1.29, 1.82) is 0 Å². The molecule has 26 heavy (non-hydrogen) atoms. The van der Waals surface area contributed by atoms with E-state index in [4.69, 9.17) is 0 Å². The van der Waals surface area contributed by atoms with Crippen LogP contribution in [0.5, 0.6) is 0 Å². The Balaban J connectivity index is 1.48. The maximum absolute atomic E-state index is 3.25. The van der Waals surface area contributed by atoms with Crippen LogP contribution in [0.15, 0.2) is 65.6 Å². The Kier molecular flexibility index (Phi) is 5.17. The van der Waals surface area contributed by atoms with Crippen LogP contribution < -0.4 is 0 Å². The van der Waals surface area contributed by atoms with Crippen molar-refractivity contribution in [3.05, 3.63) is 76.7 Å². The number of hydrogen-bond acceptors (Lipinski definition) is 3. The summed E-state index contributed by atoms with van der Waals surface area (Å²) in [6, 6.07) is 21.7. The van der Waals surface area contributed by atoms with Crippen LogP contribution in [0, 0.1) is 11.8 Å². The standard InChI is InChI=1S/C23H21NS2/c1-3-17(2)24-16-23-22(26-24)15-21(25-23)20-13-11-19(12-14-20)10-9-18-7-5-4-6-8-18/h4-8,11-15,17H,3,16H2,1-2H3. The monoisotopic (exact) mass is 375 g/mol. The van der Waals surface area contributed by atoms with E-state index in [1.165, 1.54) is 26.6 Å². The number of benzene rings is 2. The van der Waals surface area contributed by atoms with Crippen LogP contribution in [-0.4, -0.2) is 10.3 Å². The minimum atomic E-state index is 0.630. The Morgan fingerprint density at radius 1 is 1.00 bits per heavy atom. The zero-order valence-electron chi connectivity index (χ0n) is 15.0. The van der Waals surface area contributed by atoms with E-state index >= 15 is 0 Å². The van der Waals surface area contributed by atoms with Crippen LogP contribution in [0.2, 0.25) is 0 Å². The number of fused-ring (bicyclic) bond motifs is 1. The van der Waals surface area contributed by atoms with Gasteiger partial charge in [-0.1, -0.05) is 49.1 Å². The number of rotatable bonds is 3. The molecular weight excluding hydrogens is 354 g/mol. The highest BCUT2D eigenvalue weighted by Gasteiger charge is 2.26. The van der Waals surface area contributed by atoms with Crippen molar-refractivity contribution in [1.82, 2.24) is 4.31 Å². The highest BCUT2D eigenvalue weighted by Crippen LogP contribution is 2.45. The van der Waals surface area contributed by atoms with Crippen molar-refractivity contribution in [2.75, 3.05) is 0 Å². The normalized spacial score (nSPS) is 14.5. The van der Waals surface area contributed by atoms with E-state index in [1.807, 2.05) is 53.6 Å². The topological polar surface area (TPSA) is 3.24 Å². The van der Waals surface area contributed by atoms with E-state index in [9.17, 15) is 0 Å². The molecule has 0 saturated heterocycles. The van der Waals surface area contributed by atoms with E-state index in [-0.39, 0.29) is 0 Å². The van der Waals surface area contributed by atoms with Crippen LogP contribution in [0.4, 0.5) is 0 Å². The van der Waals surface area contributed by atoms with Gasteiger partial charge >= 0.3 is 0 Å². The van der Waals surface area contributed by atoms with Crippen LogP contribution in [0.25, 0.3) is 10.4 Å². The predicted octanol–water partition coefficient (Wildman–Crippen LogP) is 6.44. The molecule has 1 aliphatic heterocycles. The SMILES string of the molecule is CCC(C)N1Cc2sc(-c3ccc(C#Cc4ccccc4)cc3)cc2S1. The smallest absolute Gasteiger partial charge is 0.0453 e. The first-order valence-electron chi connectivity index (χ1n) is 8.98. The Bertz CT molecular complexity index is 922. The Labute approximate surface area is 164 Å². The maximum atomic E-state index is 3.25. The highest BCUT2D eigenvalue weighted by molar-refractivity contribution is 7.97. The van der Waals surface area contributed by atoms with Crippen molar-refractivity contribution < 1.29 is 0 Å². The van der Waals surface area contributed by atoms with Gasteiger partial charge in [-0.05, 0) is 61.2 Å². The molecule has 2 aromatic carbocycles. The molecule has 1 atom stereocenters. The van der Waals surface area contributed by atoms with Gasteiger partial charge in [-0.2, -0.15) is 0 Å². The molecule has 0 bridgehead atoms. The second kappa shape index (κ2) is 7.72. The predicted molar refractivity (Wildman–Crippen MR) is 113 cm³/mol. The molecule has 3 heteroatoms. The molecule has 0 radical (unpaired) electrons. The van der Waals surface area contributed by atoms with Gasteiger partial charge in [0.25, 0.3) is 0 Å². The van der Waals surface area contributed by atoms with Crippen molar-refractivity contribution in [2.24, 2.45) is 0 Å². The van der Waals surface area contributed by atoms with E-state index in [0.717, 1.165) is 17.7 Å². The lowest BCUT2D eigenvalue weighted by molar-refractivity contribution is 0.370. The lowest BCUT2D eigenvalue weighted by atomic mass is 10.1. The quantitative estimate of drug-likeness (QED) is 0.383. The molecule has 0 aliphatic carbocycles. The zero-order valence-corrected chi connectivity index (χ0v) is 16.7. The van der Waals surface area contributed by atoms with Crippen molar-refractivity contribution in [2.45, 2.75) is 37.8 Å². The van der Waals surface area contributed by atoms with Gasteiger partial charge in [0, 0.05) is 38.4 Å². The maximum Gasteiger partial charge on any atom is 0.0453 e. The van der Waals surface area contributed by atoms with Gasteiger partial charge in [0.05, 0.1) is 0 Å². The summed E-state index contributed by atoms with van der Waals surface area (Å²) in [5, 5.41) is 0.